The van der Waals surface area contributed by atoms with E-state index in [1.54, 1.807) is 0 Å². The number of hydrogen-bond acceptors (Lipinski definition) is 3. The molecule has 0 aromatic heterocycles. The summed E-state index contributed by atoms with van der Waals surface area (Å²) >= 11 is 0. The number of likely N-dealkylation sites (tertiary alicyclic amines) is 1. The predicted octanol–water partition coefficient (Wildman–Crippen LogP) is 2.09. The van der Waals surface area contributed by atoms with E-state index < -0.39 is 0 Å². The normalized spacial score (nSPS) is 24.0. The van der Waals surface area contributed by atoms with Gasteiger partial charge in [0.25, 0.3) is 0 Å². The summed E-state index contributed by atoms with van der Waals surface area (Å²) < 4.78 is 0. The Kier molecular flexibility index (Phi) is 5.98. The monoisotopic (exact) mass is 303 g/mol. The molecule has 4 heteroatoms. The predicted molar refractivity (Wildman–Crippen MR) is 90.3 cm³/mol. The molecular weight excluding hydrogens is 274 g/mol. The van der Waals surface area contributed by atoms with Gasteiger partial charge in [-0.3, -0.25) is 9.69 Å². The lowest BCUT2D eigenvalue weighted by atomic mass is 9.91. The first kappa shape index (κ1) is 17.0. The molecule has 1 aliphatic rings. The van der Waals surface area contributed by atoms with Crippen molar-refractivity contribution in [2.75, 3.05) is 20.1 Å². The van der Waals surface area contributed by atoms with Gasteiger partial charge in [0.15, 0.2) is 0 Å². The van der Waals surface area contributed by atoms with Crippen LogP contribution in [0.15, 0.2) is 30.3 Å². The summed E-state index contributed by atoms with van der Waals surface area (Å²) in [5, 5.41) is 0. The first-order valence-electron chi connectivity index (χ1n) is 8.31. The Morgan fingerprint density at radius 1 is 1.41 bits per heavy atom. The molecule has 1 aromatic carbocycles. The van der Waals surface area contributed by atoms with Crippen LogP contribution in [0.1, 0.15) is 32.3 Å². The van der Waals surface area contributed by atoms with Gasteiger partial charge >= 0.3 is 0 Å². The third kappa shape index (κ3) is 4.08. The van der Waals surface area contributed by atoms with E-state index >= 15 is 0 Å². The lowest BCUT2D eigenvalue weighted by molar-refractivity contribution is -0.135. The van der Waals surface area contributed by atoms with Crippen LogP contribution >= 0.6 is 0 Å². The van der Waals surface area contributed by atoms with Gasteiger partial charge in [-0.2, -0.15) is 0 Å². The van der Waals surface area contributed by atoms with Crippen molar-refractivity contribution in [2.24, 2.45) is 11.7 Å². The van der Waals surface area contributed by atoms with E-state index in [0.717, 1.165) is 26.1 Å². The quantitative estimate of drug-likeness (QED) is 0.906. The second-order valence-corrected chi connectivity index (χ2v) is 6.52. The van der Waals surface area contributed by atoms with E-state index in [-0.39, 0.29) is 11.9 Å². The number of carbonyl (C=O) groups excluding carboxylic acids is 1. The molecule has 0 bridgehead atoms. The molecule has 1 heterocycles. The van der Waals surface area contributed by atoms with Gasteiger partial charge in [-0.15, -0.1) is 0 Å². The maximum Gasteiger partial charge on any atom is 0.239 e. The Morgan fingerprint density at radius 3 is 2.68 bits per heavy atom. The van der Waals surface area contributed by atoms with E-state index in [2.05, 4.69) is 42.2 Å². The molecule has 1 aromatic rings. The number of amides is 1. The number of nitrogens with zero attached hydrogens (tertiary/aromatic N) is 2. The van der Waals surface area contributed by atoms with Crippen molar-refractivity contribution >= 4 is 5.91 Å². The molecule has 0 saturated carbocycles. The smallest absolute Gasteiger partial charge is 0.239 e. The van der Waals surface area contributed by atoms with Crippen molar-refractivity contribution in [3.05, 3.63) is 35.9 Å². The zero-order valence-corrected chi connectivity index (χ0v) is 14.0. The van der Waals surface area contributed by atoms with Crippen molar-refractivity contribution in [3.8, 4) is 0 Å². The van der Waals surface area contributed by atoms with Gasteiger partial charge in [-0.05, 0) is 24.3 Å². The molecule has 2 N–H and O–H groups in total. The van der Waals surface area contributed by atoms with Crippen LogP contribution in [-0.4, -0.2) is 47.9 Å². The molecule has 22 heavy (non-hydrogen) atoms. The molecule has 1 aliphatic heterocycles. The Bertz CT molecular complexity index is 476. The summed E-state index contributed by atoms with van der Waals surface area (Å²) in [5.41, 5.74) is 7.25. The molecule has 2 unspecified atom stereocenters. The summed E-state index contributed by atoms with van der Waals surface area (Å²) in [6.45, 7) is 7.25. The Balaban J connectivity index is 1.91. The number of likely N-dealkylation sites (N-methyl/N-ethyl adjacent to an activating group) is 1. The Morgan fingerprint density at radius 2 is 2.09 bits per heavy atom. The topological polar surface area (TPSA) is 49.6 Å². The standard InChI is InChI=1S/C18H29N3O/c1-4-16(19)18(22)20(3)17-10-11-21(12-14(17)2)13-15-8-6-5-7-9-15/h5-9,14,16-17H,4,10-13,19H2,1-3H3/t14?,16-,17?/m0/s1. The third-order valence-corrected chi connectivity index (χ3v) is 4.80. The van der Waals surface area contributed by atoms with E-state index in [4.69, 9.17) is 5.73 Å². The highest BCUT2D eigenvalue weighted by molar-refractivity contribution is 5.81. The lowest BCUT2D eigenvalue weighted by Gasteiger charge is -2.42. The van der Waals surface area contributed by atoms with Gasteiger partial charge in [0.05, 0.1) is 6.04 Å². The zero-order valence-electron chi connectivity index (χ0n) is 14.0. The minimum atomic E-state index is -0.362. The molecule has 1 saturated heterocycles. The minimum Gasteiger partial charge on any atom is -0.341 e. The Labute approximate surface area is 134 Å². The summed E-state index contributed by atoms with van der Waals surface area (Å²) in [7, 11) is 1.91. The van der Waals surface area contributed by atoms with Crippen molar-refractivity contribution in [1.82, 2.24) is 9.80 Å². The van der Waals surface area contributed by atoms with Crippen molar-refractivity contribution < 1.29 is 4.79 Å². The Hall–Kier alpha value is -1.39. The summed E-state index contributed by atoms with van der Waals surface area (Å²) in [6, 6.07) is 10.5. The van der Waals surface area contributed by atoms with E-state index in [1.807, 2.05) is 18.9 Å². The van der Waals surface area contributed by atoms with Crippen molar-refractivity contribution in [2.45, 2.75) is 45.3 Å². The molecule has 1 fully saturated rings. The van der Waals surface area contributed by atoms with Gasteiger partial charge in [0.2, 0.25) is 5.91 Å². The minimum absolute atomic E-state index is 0.0795. The average molecular weight is 303 g/mol. The highest BCUT2D eigenvalue weighted by Crippen LogP contribution is 2.23. The van der Waals surface area contributed by atoms with Crippen LogP contribution in [-0.2, 0) is 11.3 Å². The number of nitrogens with two attached hydrogens (primary N) is 1. The fourth-order valence-corrected chi connectivity index (χ4v) is 3.38. The first-order chi connectivity index (χ1) is 10.5. The van der Waals surface area contributed by atoms with Gasteiger partial charge in [0, 0.05) is 32.7 Å². The van der Waals surface area contributed by atoms with Gasteiger partial charge in [-0.1, -0.05) is 44.2 Å². The fourth-order valence-electron chi connectivity index (χ4n) is 3.38. The van der Waals surface area contributed by atoms with Gasteiger partial charge < -0.3 is 10.6 Å². The summed E-state index contributed by atoms with van der Waals surface area (Å²) in [5.74, 6) is 0.548. The van der Waals surface area contributed by atoms with Crippen LogP contribution in [0, 0.1) is 5.92 Å². The first-order valence-corrected chi connectivity index (χ1v) is 8.31. The molecule has 1 amide bonds. The van der Waals surface area contributed by atoms with Crippen LogP contribution in [0.3, 0.4) is 0 Å². The number of hydrogen-bond donors (Lipinski definition) is 1. The maximum atomic E-state index is 12.3. The zero-order chi connectivity index (χ0) is 16.1. The molecule has 0 aliphatic carbocycles. The fraction of sp³-hybridized carbons (Fsp3) is 0.611. The summed E-state index contributed by atoms with van der Waals surface area (Å²) in [4.78, 5) is 16.6. The second-order valence-electron chi connectivity index (χ2n) is 6.52. The van der Waals surface area contributed by atoms with Crippen LogP contribution in [0.5, 0.6) is 0 Å². The SMILES string of the molecule is CC[C@H](N)C(=O)N(C)C1CCN(Cc2ccccc2)CC1C. The lowest BCUT2D eigenvalue weighted by Crippen LogP contribution is -2.53. The average Bonchev–Trinajstić information content (AvgIpc) is 2.54. The molecule has 3 atom stereocenters. The highest BCUT2D eigenvalue weighted by Gasteiger charge is 2.32. The summed E-state index contributed by atoms with van der Waals surface area (Å²) in [6.07, 6.45) is 1.72. The molecular formula is C18H29N3O. The number of benzene rings is 1. The molecule has 2 rings (SSSR count). The maximum absolute atomic E-state index is 12.3. The molecule has 0 spiro atoms. The van der Waals surface area contributed by atoms with Crippen LogP contribution < -0.4 is 5.73 Å². The van der Waals surface area contributed by atoms with Crippen LogP contribution in [0.25, 0.3) is 0 Å². The molecule has 0 radical (unpaired) electrons. The van der Waals surface area contributed by atoms with E-state index in [0.29, 0.717) is 18.4 Å². The third-order valence-electron chi connectivity index (χ3n) is 4.80. The van der Waals surface area contributed by atoms with Gasteiger partial charge in [-0.25, -0.2) is 0 Å². The second kappa shape index (κ2) is 7.75. The van der Waals surface area contributed by atoms with Crippen LogP contribution in [0.2, 0.25) is 0 Å². The molecule has 122 valence electrons. The van der Waals surface area contributed by atoms with E-state index in [9.17, 15) is 4.79 Å². The highest BCUT2D eigenvalue weighted by atomic mass is 16.2. The number of carbonyl (C=O) groups is 1. The van der Waals surface area contributed by atoms with E-state index in [1.165, 1.54) is 5.56 Å². The van der Waals surface area contributed by atoms with Crippen molar-refractivity contribution in [1.29, 1.82) is 0 Å². The number of piperidine rings is 1. The van der Waals surface area contributed by atoms with Gasteiger partial charge in [0.1, 0.15) is 0 Å². The largest absolute Gasteiger partial charge is 0.341 e. The van der Waals surface area contributed by atoms with Crippen LogP contribution in [0.4, 0.5) is 0 Å². The number of rotatable bonds is 5. The van der Waals surface area contributed by atoms with Crippen molar-refractivity contribution in [3.63, 3.8) is 0 Å². The molecule has 4 nitrogen and oxygen atoms in total.